The summed E-state index contributed by atoms with van der Waals surface area (Å²) < 4.78 is 33.8. The maximum atomic E-state index is 13.2. The molecule has 0 bridgehead atoms. The first-order valence-electron chi connectivity index (χ1n) is 11.2. The molecule has 0 aromatic heterocycles. The Bertz CT molecular complexity index is 1610. The SMILES string of the molecule is COc1ccc(NS(=O)(=O)c2cc(C(=O)N=C3N=C4C=CC=CN4Cc4ccccc43)ccc2Cl)cc1. The second kappa shape index (κ2) is 10.0. The number of fused-ring (bicyclic) bond motifs is 2. The highest BCUT2D eigenvalue weighted by Gasteiger charge is 2.23. The number of rotatable bonds is 5. The summed E-state index contributed by atoms with van der Waals surface area (Å²) in [6.45, 7) is 0.573. The normalized spacial score (nSPS) is 15.5. The van der Waals surface area contributed by atoms with Gasteiger partial charge in [-0.15, -0.1) is 0 Å². The topological polar surface area (TPSA) is 100 Å². The number of hydrogen-bond acceptors (Lipinski definition) is 5. The van der Waals surface area contributed by atoms with Crippen LogP contribution in [-0.2, 0) is 16.6 Å². The van der Waals surface area contributed by atoms with Gasteiger partial charge in [-0.1, -0.05) is 41.9 Å². The Balaban J connectivity index is 1.50. The van der Waals surface area contributed by atoms with Crippen LogP contribution in [0.15, 0.2) is 106 Å². The number of anilines is 1. The summed E-state index contributed by atoms with van der Waals surface area (Å²) in [5, 5.41) is -0.0277. The third kappa shape index (κ3) is 5.18. The predicted octanol–water partition coefficient (Wildman–Crippen LogP) is 5.03. The van der Waals surface area contributed by atoms with Crippen molar-refractivity contribution in [2.24, 2.45) is 9.98 Å². The van der Waals surface area contributed by atoms with Gasteiger partial charge in [0.05, 0.1) is 12.1 Å². The summed E-state index contributed by atoms with van der Waals surface area (Å²) in [6.07, 6.45) is 7.51. The van der Waals surface area contributed by atoms with Crippen molar-refractivity contribution in [2.45, 2.75) is 11.4 Å². The molecule has 1 amide bonds. The molecule has 3 aromatic carbocycles. The molecule has 3 aromatic rings. The lowest BCUT2D eigenvalue weighted by atomic mass is 10.1. The zero-order valence-electron chi connectivity index (χ0n) is 19.6. The summed E-state index contributed by atoms with van der Waals surface area (Å²) in [7, 11) is -2.58. The number of carbonyl (C=O) groups is 1. The van der Waals surface area contributed by atoms with Gasteiger partial charge >= 0.3 is 0 Å². The number of benzene rings is 3. The predicted molar refractivity (Wildman–Crippen MR) is 144 cm³/mol. The Morgan fingerprint density at radius 1 is 1.08 bits per heavy atom. The molecular formula is C27H21ClN4O4S. The maximum Gasteiger partial charge on any atom is 0.279 e. The van der Waals surface area contributed by atoms with Gasteiger partial charge < -0.3 is 9.64 Å². The number of methoxy groups -OCH3 is 1. The van der Waals surface area contributed by atoms with Gasteiger partial charge in [-0.3, -0.25) is 9.52 Å². The lowest BCUT2D eigenvalue weighted by molar-refractivity contribution is 0.100. The minimum absolute atomic E-state index is 0.0277. The Hall–Kier alpha value is -4.21. The molecular weight excluding hydrogens is 512 g/mol. The fraction of sp³-hybridized carbons (Fsp3) is 0.0741. The van der Waals surface area contributed by atoms with E-state index in [0.29, 0.717) is 23.8 Å². The Labute approximate surface area is 219 Å². The monoisotopic (exact) mass is 532 g/mol. The van der Waals surface area contributed by atoms with E-state index in [1.807, 2.05) is 53.6 Å². The fourth-order valence-corrected chi connectivity index (χ4v) is 5.47. The molecule has 0 radical (unpaired) electrons. The van der Waals surface area contributed by atoms with Gasteiger partial charge in [0.15, 0.2) is 5.84 Å². The number of sulfonamides is 1. The molecule has 0 unspecified atom stereocenters. The van der Waals surface area contributed by atoms with Gasteiger partial charge in [0.1, 0.15) is 16.5 Å². The number of aliphatic imine (C=N–C) groups is 2. The Morgan fingerprint density at radius 3 is 2.65 bits per heavy atom. The molecule has 8 nitrogen and oxygen atoms in total. The molecule has 0 saturated heterocycles. The second-order valence-electron chi connectivity index (χ2n) is 8.18. The van der Waals surface area contributed by atoms with Crippen LogP contribution >= 0.6 is 11.6 Å². The van der Waals surface area contributed by atoms with Crippen LogP contribution in [-0.4, -0.2) is 38.0 Å². The zero-order chi connectivity index (χ0) is 26.0. The molecule has 1 N–H and O–H groups in total. The molecule has 10 heteroatoms. The third-order valence-corrected chi connectivity index (χ3v) is 7.62. The average molecular weight is 533 g/mol. The van der Waals surface area contributed by atoms with E-state index < -0.39 is 15.9 Å². The van der Waals surface area contributed by atoms with E-state index in [0.717, 1.165) is 11.1 Å². The number of hydrogen-bond donors (Lipinski definition) is 1. The fourth-order valence-electron chi connectivity index (χ4n) is 3.89. The van der Waals surface area contributed by atoms with Crippen molar-refractivity contribution in [3.63, 3.8) is 0 Å². The first-order valence-corrected chi connectivity index (χ1v) is 13.1. The smallest absolute Gasteiger partial charge is 0.279 e. The number of allylic oxidation sites excluding steroid dienone is 2. The van der Waals surface area contributed by atoms with Gasteiger partial charge in [0, 0.05) is 29.6 Å². The van der Waals surface area contributed by atoms with Crippen molar-refractivity contribution in [3.05, 3.63) is 113 Å². The van der Waals surface area contributed by atoms with E-state index in [-0.39, 0.29) is 21.3 Å². The van der Waals surface area contributed by atoms with Gasteiger partial charge in [-0.25, -0.2) is 13.4 Å². The number of amidine groups is 2. The van der Waals surface area contributed by atoms with Crippen molar-refractivity contribution in [1.29, 1.82) is 0 Å². The number of nitrogens with zero attached hydrogens (tertiary/aromatic N) is 3. The third-order valence-electron chi connectivity index (χ3n) is 5.75. The Morgan fingerprint density at radius 2 is 1.86 bits per heavy atom. The highest BCUT2D eigenvalue weighted by atomic mass is 35.5. The Kier molecular flexibility index (Phi) is 6.64. The van der Waals surface area contributed by atoms with Gasteiger partial charge in [0.2, 0.25) is 0 Å². The number of carbonyl (C=O) groups excluding carboxylic acids is 1. The van der Waals surface area contributed by atoms with E-state index >= 15 is 0 Å². The van der Waals surface area contributed by atoms with Crippen molar-refractivity contribution in [3.8, 4) is 5.75 Å². The molecule has 0 fully saturated rings. The average Bonchev–Trinajstić information content (AvgIpc) is 3.05. The summed E-state index contributed by atoms with van der Waals surface area (Å²) in [6, 6.07) is 18.0. The van der Waals surface area contributed by atoms with Crippen LogP contribution in [0.2, 0.25) is 5.02 Å². The standard InChI is InChI=1S/C27H21ClN4O4S/c1-36-21-12-10-20(11-13-21)31-37(34,35)24-16-18(9-14-23(24)28)27(33)30-26-22-7-3-2-6-19(22)17-32-15-5-4-8-25(32)29-26/h2-16,31H,17H2,1H3. The molecule has 2 aliphatic rings. The quantitative estimate of drug-likeness (QED) is 0.496. The van der Waals surface area contributed by atoms with Crippen molar-refractivity contribution in [2.75, 3.05) is 11.8 Å². The van der Waals surface area contributed by atoms with Gasteiger partial charge in [-0.2, -0.15) is 4.99 Å². The van der Waals surface area contributed by atoms with Crippen LogP contribution in [0.1, 0.15) is 21.5 Å². The molecule has 2 heterocycles. The molecule has 5 rings (SSSR count). The number of nitrogens with one attached hydrogen (secondary N) is 1. The largest absolute Gasteiger partial charge is 0.497 e. The number of halogens is 1. The first kappa shape index (κ1) is 24.5. The van der Waals surface area contributed by atoms with Gasteiger partial charge in [0.25, 0.3) is 15.9 Å². The molecule has 0 saturated carbocycles. The lowest BCUT2D eigenvalue weighted by Crippen LogP contribution is -2.24. The zero-order valence-corrected chi connectivity index (χ0v) is 21.2. The highest BCUT2D eigenvalue weighted by molar-refractivity contribution is 7.92. The van der Waals surface area contributed by atoms with Crippen LogP contribution in [0.25, 0.3) is 0 Å². The van der Waals surface area contributed by atoms with Crippen LogP contribution in [0.3, 0.4) is 0 Å². The molecule has 186 valence electrons. The molecule has 37 heavy (non-hydrogen) atoms. The van der Waals surface area contributed by atoms with E-state index in [1.165, 1.54) is 25.3 Å². The molecule has 2 aliphatic heterocycles. The molecule has 0 spiro atoms. The minimum atomic E-state index is -4.10. The molecule has 0 atom stereocenters. The molecule has 0 aliphatic carbocycles. The van der Waals surface area contributed by atoms with Crippen LogP contribution in [0.5, 0.6) is 5.75 Å². The van der Waals surface area contributed by atoms with Crippen LogP contribution in [0.4, 0.5) is 5.69 Å². The summed E-state index contributed by atoms with van der Waals surface area (Å²) in [4.78, 5) is 23.9. The van der Waals surface area contributed by atoms with Crippen LogP contribution < -0.4 is 9.46 Å². The first-order chi connectivity index (χ1) is 17.8. The van der Waals surface area contributed by atoms with Crippen molar-refractivity contribution in [1.82, 2.24) is 4.90 Å². The summed E-state index contributed by atoms with van der Waals surface area (Å²) in [5.41, 5.74) is 2.06. The minimum Gasteiger partial charge on any atom is -0.497 e. The van der Waals surface area contributed by atoms with E-state index in [4.69, 9.17) is 16.3 Å². The number of ether oxygens (including phenoxy) is 1. The van der Waals surface area contributed by atoms with Crippen LogP contribution in [0, 0.1) is 0 Å². The van der Waals surface area contributed by atoms with E-state index in [2.05, 4.69) is 14.7 Å². The lowest BCUT2D eigenvalue weighted by Gasteiger charge is -2.20. The number of amides is 1. The maximum absolute atomic E-state index is 13.2. The van der Waals surface area contributed by atoms with E-state index in [9.17, 15) is 13.2 Å². The second-order valence-corrected chi connectivity index (χ2v) is 10.2. The van der Waals surface area contributed by atoms with E-state index in [1.54, 1.807) is 24.3 Å². The van der Waals surface area contributed by atoms with Crippen molar-refractivity contribution < 1.29 is 17.9 Å². The van der Waals surface area contributed by atoms with Crippen molar-refractivity contribution >= 4 is 44.9 Å². The summed E-state index contributed by atoms with van der Waals surface area (Å²) >= 11 is 6.23. The highest BCUT2D eigenvalue weighted by Crippen LogP contribution is 2.27. The summed E-state index contributed by atoms with van der Waals surface area (Å²) in [5.74, 6) is 0.830. The van der Waals surface area contributed by atoms with Gasteiger partial charge in [-0.05, 0) is 60.2 Å².